The highest BCUT2D eigenvalue weighted by molar-refractivity contribution is 6.31. The van der Waals surface area contributed by atoms with Gasteiger partial charge in [0.15, 0.2) is 5.92 Å². The van der Waals surface area contributed by atoms with Gasteiger partial charge in [0.05, 0.1) is 11.4 Å². The molecule has 1 aliphatic rings. The van der Waals surface area contributed by atoms with Gasteiger partial charge in [-0.05, 0) is 65.9 Å². The van der Waals surface area contributed by atoms with Crippen LogP contribution in [0.3, 0.4) is 0 Å². The summed E-state index contributed by atoms with van der Waals surface area (Å²) in [6.07, 6.45) is 0.528. The first-order valence-corrected chi connectivity index (χ1v) is 13.1. The van der Waals surface area contributed by atoms with Gasteiger partial charge in [0, 0.05) is 23.2 Å². The van der Waals surface area contributed by atoms with Crippen LogP contribution in [0.1, 0.15) is 30.5 Å². The van der Waals surface area contributed by atoms with Gasteiger partial charge < -0.3 is 5.32 Å². The van der Waals surface area contributed by atoms with Gasteiger partial charge in [-0.25, -0.2) is 8.78 Å². The summed E-state index contributed by atoms with van der Waals surface area (Å²) in [5, 5.41) is 8.91. The number of alkyl halides is 2. The van der Waals surface area contributed by atoms with Crippen molar-refractivity contribution in [2.75, 3.05) is 10.3 Å². The fourth-order valence-corrected chi connectivity index (χ4v) is 4.90. The number of hydrazone groups is 1. The highest BCUT2D eigenvalue weighted by Gasteiger charge is 2.40. The molecule has 1 N–H and O–H groups in total. The van der Waals surface area contributed by atoms with Crippen LogP contribution >= 0.6 is 11.6 Å². The third-order valence-corrected chi connectivity index (χ3v) is 7.08. The Hall–Kier alpha value is -4.36. The van der Waals surface area contributed by atoms with Crippen molar-refractivity contribution in [1.82, 2.24) is 0 Å². The van der Waals surface area contributed by atoms with Crippen molar-refractivity contribution in [3.05, 3.63) is 119 Å². The first kappa shape index (κ1) is 27.2. The maximum Gasteiger partial charge on any atom is 0.270 e. The molecular weight excluding hydrogens is 532 g/mol. The van der Waals surface area contributed by atoms with Crippen molar-refractivity contribution in [1.29, 1.82) is 0 Å². The van der Waals surface area contributed by atoms with Gasteiger partial charge in [0.2, 0.25) is 5.91 Å². The lowest BCUT2D eigenvalue weighted by Crippen LogP contribution is -2.36. The minimum atomic E-state index is -3.07. The van der Waals surface area contributed by atoms with Crippen LogP contribution in [0.25, 0.3) is 11.1 Å². The van der Waals surface area contributed by atoms with E-state index in [4.69, 9.17) is 11.6 Å². The summed E-state index contributed by atoms with van der Waals surface area (Å²) in [6, 6.07) is 28.5. The predicted octanol–water partition coefficient (Wildman–Crippen LogP) is 7.69. The average Bonchev–Trinajstić information content (AvgIpc) is 3.23. The molecule has 5 rings (SSSR count). The first-order valence-electron chi connectivity index (χ1n) is 12.7. The van der Waals surface area contributed by atoms with E-state index in [9.17, 15) is 18.4 Å². The van der Waals surface area contributed by atoms with Crippen molar-refractivity contribution in [2.24, 2.45) is 11.0 Å². The van der Waals surface area contributed by atoms with E-state index in [0.717, 1.165) is 29.2 Å². The van der Waals surface area contributed by atoms with Gasteiger partial charge in [-0.2, -0.15) is 10.1 Å². The molecule has 202 valence electrons. The van der Waals surface area contributed by atoms with Crippen molar-refractivity contribution < 1.29 is 18.4 Å². The van der Waals surface area contributed by atoms with Crippen molar-refractivity contribution in [3.8, 4) is 11.1 Å². The molecule has 0 fully saturated rings. The van der Waals surface area contributed by atoms with Crippen LogP contribution in [-0.2, 0) is 21.9 Å². The number of carbonyl (C=O) groups is 2. The Labute approximate surface area is 236 Å². The molecule has 1 atom stereocenters. The van der Waals surface area contributed by atoms with Gasteiger partial charge in [-0.3, -0.25) is 9.59 Å². The number of hydrogen-bond acceptors (Lipinski definition) is 3. The number of halogens is 3. The summed E-state index contributed by atoms with van der Waals surface area (Å²) in [4.78, 5) is 26.7. The minimum Gasteiger partial charge on any atom is -0.325 e. The lowest BCUT2D eigenvalue weighted by atomic mass is 9.97. The van der Waals surface area contributed by atoms with Gasteiger partial charge in [0.1, 0.15) is 0 Å². The number of hydrogen-bond donors (Lipinski definition) is 1. The van der Waals surface area contributed by atoms with Gasteiger partial charge in [-0.1, -0.05) is 78.3 Å². The van der Waals surface area contributed by atoms with Crippen LogP contribution in [0.15, 0.2) is 102 Å². The van der Waals surface area contributed by atoms with Crippen molar-refractivity contribution in [2.45, 2.75) is 26.2 Å². The van der Waals surface area contributed by atoms with E-state index in [1.54, 1.807) is 6.92 Å². The third kappa shape index (κ3) is 5.80. The summed E-state index contributed by atoms with van der Waals surface area (Å²) >= 11 is 6.42. The molecule has 0 spiro atoms. The number of nitrogens with zero attached hydrogens (tertiary/aromatic N) is 2. The molecule has 0 bridgehead atoms. The minimum absolute atomic E-state index is 0.177. The highest BCUT2D eigenvalue weighted by Crippen LogP contribution is 2.33. The molecular formula is C32H26ClF2N3O2. The zero-order valence-electron chi connectivity index (χ0n) is 21.9. The third-order valence-electron chi connectivity index (χ3n) is 6.71. The molecule has 4 aromatic rings. The second-order valence-corrected chi connectivity index (χ2v) is 10.2. The molecule has 8 heteroatoms. The molecule has 0 unspecified atom stereocenters. The van der Waals surface area contributed by atoms with Crippen LogP contribution in [0.5, 0.6) is 0 Å². The number of nitrogens with one attached hydrogen (secondary N) is 1. The Morgan fingerprint density at radius 2 is 1.68 bits per heavy atom. The normalized spacial score (nSPS) is 15.2. The number of amides is 2. The second kappa shape index (κ2) is 11.0. The van der Waals surface area contributed by atoms with Crippen LogP contribution < -0.4 is 10.3 Å². The fraction of sp³-hybridized carbons (Fsp3) is 0.156. The quantitative estimate of drug-likeness (QED) is 0.237. The van der Waals surface area contributed by atoms with Gasteiger partial charge in [0.25, 0.3) is 11.8 Å². The van der Waals surface area contributed by atoms with Gasteiger partial charge >= 0.3 is 0 Å². The summed E-state index contributed by atoms with van der Waals surface area (Å²) in [6.45, 7) is 2.39. The zero-order chi connectivity index (χ0) is 28.4. The summed E-state index contributed by atoms with van der Waals surface area (Å²) in [5.74, 6) is -5.43. The molecule has 0 aliphatic carbocycles. The van der Waals surface area contributed by atoms with Crippen LogP contribution in [0.2, 0.25) is 5.02 Å². The zero-order valence-corrected chi connectivity index (χ0v) is 22.6. The number of benzene rings is 4. The molecule has 5 nitrogen and oxygen atoms in total. The smallest absolute Gasteiger partial charge is 0.270 e. The average molecular weight is 558 g/mol. The maximum atomic E-state index is 13.8. The topological polar surface area (TPSA) is 61.8 Å². The largest absolute Gasteiger partial charge is 0.325 e. The first-order chi connectivity index (χ1) is 19.1. The SMILES string of the molecule is CC1=NN(c2cc(Cc3ccccc3Cl)cc(-c3ccccc3)c2)C(=O)[C@H]1C(=O)Nc1cccc(C(C)(F)F)c1. The van der Waals surface area contributed by atoms with Crippen molar-refractivity contribution >= 4 is 40.5 Å². The number of anilines is 2. The maximum absolute atomic E-state index is 13.8. The Balaban J connectivity index is 1.45. The summed E-state index contributed by atoms with van der Waals surface area (Å²) in [7, 11) is 0. The summed E-state index contributed by atoms with van der Waals surface area (Å²) in [5.41, 5.74) is 4.44. The van der Waals surface area contributed by atoms with E-state index in [-0.39, 0.29) is 11.3 Å². The Morgan fingerprint density at radius 1 is 0.950 bits per heavy atom. The fourth-order valence-electron chi connectivity index (χ4n) is 4.69. The Kier molecular flexibility index (Phi) is 7.50. The van der Waals surface area contributed by atoms with E-state index in [1.807, 2.05) is 72.8 Å². The van der Waals surface area contributed by atoms with E-state index in [0.29, 0.717) is 22.8 Å². The van der Waals surface area contributed by atoms with Crippen molar-refractivity contribution in [3.63, 3.8) is 0 Å². The van der Waals surface area contributed by atoms with E-state index in [2.05, 4.69) is 10.4 Å². The standard InChI is InChI=1S/C32H26ClF2N3O2/c1-20-29(30(39)36-26-13-8-12-25(19-26)32(2,34)35)31(40)38(37-20)27-17-21(15-23-11-6-7-14-28(23)33)16-24(18-27)22-9-4-3-5-10-22/h3-14,16-19,29H,15H2,1-2H3,(H,36,39)/t29-/m1/s1. The van der Waals surface area contributed by atoms with E-state index in [1.165, 1.54) is 29.3 Å². The lowest BCUT2D eigenvalue weighted by Gasteiger charge is -2.18. The Morgan fingerprint density at radius 3 is 2.40 bits per heavy atom. The van der Waals surface area contributed by atoms with E-state index >= 15 is 0 Å². The molecule has 2 amide bonds. The molecule has 1 aliphatic heterocycles. The van der Waals surface area contributed by atoms with Crippen LogP contribution in [0.4, 0.5) is 20.2 Å². The monoisotopic (exact) mass is 557 g/mol. The highest BCUT2D eigenvalue weighted by atomic mass is 35.5. The molecule has 0 saturated heterocycles. The lowest BCUT2D eigenvalue weighted by molar-refractivity contribution is -0.127. The van der Waals surface area contributed by atoms with Gasteiger partial charge in [-0.15, -0.1) is 0 Å². The Bertz CT molecular complexity index is 1620. The molecule has 0 radical (unpaired) electrons. The molecule has 40 heavy (non-hydrogen) atoms. The predicted molar refractivity (Wildman–Crippen MR) is 155 cm³/mol. The molecule has 4 aromatic carbocycles. The molecule has 0 saturated carbocycles. The van der Waals surface area contributed by atoms with Crippen LogP contribution in [0, 0.1) is 5.92 Å². The number of carbonyl (C=O) groups excluding carboxylic acids is 2. The molecule has 0 aromatic heterocycles. The summed E-state index contributed by atoms with van der Waals surface area (Å²) < 4.78 is 27.6. The molecule has 1 heterocycles. The van der Waals surface area contributed by atoms with E-state index < -0.39 is 23.7 Å². The number of rotatable bonds is 7. The second-order valence-electron chi connectivity index (χ2n) is 9.81. The van der Waals surface area contributed by atoms with Crippen LogP contribution in [-0.4, -0.2) is 17.5 Å².